The maximum atomic E-state index is 6.35. The van der Waals surface area contributed by atoms with Crippen LogP contribution in [0.3, 0.4) is 0 Å². The van der Waals surface area contributed by atoms with Crippen molar-refractivity contribution in [3.8, 4) is 0 Å². The van der Waals surface area contributed by atoms with Gasteiger partial charge in [0.2, 0.25) is 0 Å². The van der Waals surface area contributed by atoms with Crippen LogP contribution in [0.1, 0.15) is 54.4 Å². The molecule has 0 spiro atoms. The number of hydrogen-bond acceptors (Lipinski definition) is 0. The van der Waals surface area contributed by atoms with E-state index in [1.165, 1.54) is 33.4 Å². The topological polar surface area (TPSA) is 0 Å². The Morgan fingerprint density at radius 2 is 1.05 bits per heavy atom. The summed E-state index contributed by atoms with van der Waals surface area (Å²) in [5.74, 6) is 0. The van der Waals surface area contributed by atoms with Crippen molar-refractivity contribution in [1.29, 1.82) is 0 Å². The van der Waals surface area contributed by atoms with E-state index in [1.54, 1.807) is 0 Å². The van der Waals surface area contributed by atoms with Gasteiger partial charge in [-0.25, -0.2) is 0 Å². The molecule has 0 radical (unpaired) electrons. The van der Waals surface area contributed by atoms with Crippen molar-refractivity contribution in [2.24, 2.45) is 5.41 Å². The van der Waals surface area contributed by atoms with Gasteiger partial charge in [0.15, 0.2) is 0 Å². The van der Waals surface area contributed by atoms with Crippen LogP contribution in [0.5, 0.6) is 0 Å². The Labute approximate surface area is 152 Å². The zero-order valence-corrected chi connectivity index (χ0v) is 17.1. The second kappa shape index (κ2) is 6.27. The molecule has 0 unspecified atom stereocenters. The van der Waals surface area contributed by atoms with Gasteiger partial charge < -0.3 is 0 Å². The molecule has 0 fully saturated rings. The Morgan fingerprint density at radius 1 is 0.750 bits per heavy atom. The van der Waals surface area contributed by atoms with Gasteiger partial charge in [0.1, 0.15) is 0 Å². The molecule has 0 nitrogen and oxygen atoms in total. The molecule has 2 aliphatic carbocycles. The van der Waals surface area contributed by atoms with E-state index in [2.05, 4.69) is 41.5 Å². The summed E-state index contributed by atoms with van der Waals surface area (Å²) in [6, 6.07) is 0. The molecule has 0 aliphatic heterocycles. The Balaban J connectivity index is 0.00000200. The van der Waals surface area contributed by atoms with Crippen LogP contribution in [0.4, 0.5) is 0 Å². The Bertz CT molecular complexity index is 522. The van der Waals surface area contributed by atoms with E-state index < -0.39 is 0 Å². The van der Waals surface area contributed by atoms with Crippen molar-refractivity contribution in [2.75, 3.05) is 0 Å². The van der Waals surface area contributed by atoms with Crippen LogP contribution >= 0.6 is 23.2 Å². The van der Waals surface area contributed by atoms with E-state index in [9.17, 15) is 0 Å². The van der Waals surface area contributed by atoms with Gasteiger partial charge in [0.25, 0.3) is 0 Å². The zero-order chi connectivity index (χ0) is 14.5. The molecule has 0 saturated heterocycles. The summed E-state index contributed by atoms with van der Waals surface area (Å²) in [7, 11) is 0. The van der Waals surface area contributed by atoms with Crippen LogP contribution in [0.2, 0.25) is 0 Å². The first-order valence-electron chi connectivity index (χ1n) is 6.79. The summed E-state index contributed by atoms with van der Waals surface area (Å²) in [5, 5.41) is 1.98. The molecule has 0 saturated carbocycles. The van der Waals surface area contributed by atoms with Gasteiger partial charge in [-0.3, -0.25) is 0 Å². The summed E-state index contributed by atoms with van der Waals surface area (Å²) < 4.78 is 0. The number of rotatable bonds is 2. The molecule has 2 aliphatic rings. The summed E-state index contributed by atoms with van der Waals surface area (Å²) >= 11 is 12.7. The fourth-order valence-electron chi connectivity index (χ4n) is 3.95. The van der Waals surface area contributed by atoms with Crippen molar-refractivity contribution in [3.63, 3.8) is 0 Å². The molecule has 0 aromatic heterocycles. The van der Waals surface area contributed by atoms with Crippen LogP contribution in [0.25, 0.3) is 0 Å². The van der Waals surface area contributed by atoms with Gasteiger partial charge in [-0.1, -0.05) is 48.2 Å². The molecule has 0 heterocycles. The summed E-state index contributed by atoms with van der Waals surface area (Å²) in [6.45, 7) is 13.3. The van der Waals surface area contributed by atoms with E-state index in [-0.39, 0.29) is 31.6 Å². The van der Waals surface area contributed by atoms with Crippen LogP contribution in [-0.4, -0.2) is 0 Å². The molecule has 0 N–H and O–H groups in total. The van der Waals surface area contributed by atoms with Gasteiger partial charge in [-0.15, -0.1) is 0 Å². The molecule has 3 heteroatoms. The minimum absolute atomic E-state index is 0. The van der Waals surface area contributed by atoms with Crippen LogP contribution in [0, 0.1) is 5.41 Å². The van der Waals surface area contributed by atoms with E-state index in [4.69, 9.17) is 23.2 Å². The third-order valence-electron chi connectivity index (χ3n) is 4.51. The fraction of sp³-hybridized carbons (Fsp3) is 0.529. The average molecular weight is 388 g/mol. The molecule has 0 aromatic rings. The quantitative estimate of drug-likeness (QED) is 0.508. The van der Waals surface area contributed by atoms with Gasteiger partial charge in [0, 0.05) is 54.5 Å². The second-order valence-electron chi connectivity index (χ2n) is 6.35. The predicted molar refractivity (Wildman–Crippen MR) is 85.5 cm³/mol. The van der Waals surface area contributed by atoms with Crippen molar-refractivity contribution in [1.82, 2.24) is 0 Å². The van der Waals surface area contributed by atoms with Crippen LogP contribution < -0.4 is 0 Å². The monoisotopic (exact) mass is 386 g/mol. The molecule has 0 bridgehead atoms. The van der Waals surface area contributed by atoms with Gasteiger partial charge in [-0.2, -0.15) is 0 Å². The van der Waals surface area contributed by atoms with E-state index in [1.807, 2.05) is 0 Å². The number of hydrogen-bond donors (Lipinski definition) is 0. The first-order chi connectivity index (χ1) is 8.67. The second-order valence-corrected chi connectivity index (χ2v) is 7.26. The molecular formula is C17H22Cl2Zr. The predicted octanol–water partition coefficient (Wildman–Crippen LogP) is 6.48. The van der Waals surface area contributed by atoms with Gasteiger partial charge >= 0.3 is 0 Å². The van der Waals surface area contributed by atoms with Gasteiger partial charge in [0.05, 0.1) is 0 Å². The van der Waals surface area contributed by atoms with Crippen LogP contribution in [0.15, 0.2) is 43.5 Å². The molecule has 108 valence electrons. The molecule has 0 amide bonds. The Kier molecular flexibility index (Phi) is 5.79. The average Bonchev–Trinajstić information content (AvgIpc) is 2.66. The number of halogens is 2. The number of allylic oxidation sites excluding steroid dienone is 8. The van der Waals surface area contributed by atoms with Crippen molar-refractivity contribution >= 4 is 23.2 Å². The first-order valence-corrected chi connectivity index (χ1v) is 7.55. The summed E-state index contributed by atoms with van der Waals surface area (Å²) in [5.41, 5.74) is 8.07. The maximum absolute atomic E-state index is 6.35. The standard InChI is InChI=1S/C17H22Cl2.Zr/c1-9-7-13(18)11(3)15(9)17(5,6)16-10(2)8-14(19)12(16)4;/h7-8H2,1-6H3;. The van der Waals surface area contributed by atoms with Gasteiger partial charge in [-0.05, 0) is 50.0 Å². The molecule has 0 aromatic carbocycles. The fourth-order valence-corrected chi connectivity index (χ4v) is 4.54. The maximum Gasteiger partial charge on any atom is 0.0253 e. The minimum atomic E-state index is -0.0182. The van der Waals surface area contributed by atoms with E-state index in [0.717, 1.165) is 22.9 Å². The van der Waals surface area contributed by atoms with E-state index >= 15 is 0 Å². The zero-order valence-electron chi connectivity index (χ0n) is 13.2. The van der Waals surface area contributed by atoms with Crippen molar-refractivity contribution in [3.05, 3.63) is 43.5 Å². The van der Waals surface area contributed by atoms with Crippen LogP contribution in [-0.2, 0) is 26.2 Å². The Hall–Kier alpha value is 0.423. The Morgan fingerprint density at radius 3 is 1.25 bits per heavy atom. The normalized spacial score (nSPS) is 20.4. The largest absolute Gasteiger partial charge is 0.0885 e. The molecule has 2 rings (SSSR count). The summed E-state index contributed by atoms with van der Waals surface area (Å²) in [4.78, 5) is 0. The molecule has 0 atom stereocenters. The molecular weight excluding hydrogens is 366 g/mol. The van der Waals surface area contributed by atoms with Crippen molar-refractivity contribution in [2.45, 2.75) is 54.4 Å². The first kappa shape index (κ1) is 18.5. The smallest absolute Gasteiger partial charge is 0.0253 e. The third-order valence-corrected chi connectivity index (χ3v) is 5.34. The SMILES string of the molecule is CC1=C(C(C)(C)C2=C(C)CC(Cl)=C2C)C(C)=C(Cl)C1.[Zr]. The minimum Gasteiger partial charge on any atom is -0.0885 e. The summed E-state index contributed by atoms with van der Waals surface area (Å²) in [6.07, 6.45) is 1.80. The molecule has 20 heavy (non-hydrogen) atoms. The van der Waals surface area contributed by atoms with Crippen molar-refractivity contribution < 1.29 is 26.2 Å². The third kappa shape index (κ3) is 2.83. The van der Waals surface area contributed by atoms with E-state index in [0.29, 0.717) is 0 Å².